The van der Waals surface area contributed by atoms with Gasteiger partial charge in [-0.2, -0.15) is 0 Å². The molecule has 7 aliphatic carbocycles. The molecule has 3 aromatic rings. The lowest BCUT2D eigenvalue weighted by molar-refractivity contribution is -0.245. The predicted molar refractivity (Wildman–Crippen MR) is 159 cm³/mol. The van der Waals surface area contributed by atoms with Crippen molar-refractivity contribution in [1.29, 1.82) is 0 Å². The highest BCUT2D eigenvalue weighted by Gasteiger charge is 2.88. The van der Waals surface area contributed by atoms with Crippen LogP contribution in [0.2, 0.25) is 0 Å². The van der Waals surface area contributed by atoms with Gasteiger partial charge in [-0.25, -0.2) is 0 Å². The van der Waals surface area contributed by atoms with E-state index in [1.807, 2.05) is 28.4 Å². The van der Waals surface area contributed by atoms with Gasteiger partial charge in [0, 0.05) is 48.0 Å². The number of benzene rings is 3. The fourth-order valence-corrected chi connectivity index (χ4v) is 14.0. The number of methoxy groups -OCH3 is 4. The van der Waals surface area contributed by atoms with Crippen LogP contribution in [0.4, 0.5) is 0 Å². The lowest BCUT2D eigenvalue weighted by Crippen LogP contribution is -2.69. The minimum absolute atomic E-state index is 0.336. The third-order valence-electron chi connectivity index (χ3n) is 15.0. The van der Waals surface area contributed by atoms with Gasteiger partial charge in [0.2, 0.25) is 0 Å². The van der Waals surface area contributed by atoms with E-state index in [-0.39, 0.29) is 0 Å². The van der Waals surface area contributed by atoms with E-state index in [1.165, 1.54) is 45.5 Å². The maximum atomic E-state index is 6.38. The van der Waals surface area contributed by atoms with E-state index in [9.17, 15) is 0 Å². The Bertz CT molecular complexity index is 1600. The Morgan fingerprint density at radius 1 is 0.659 bits per heavy atom. The second kappa shape index (κ2) is 7.14. The first-order valence-corrected chi connectivity index (χ1v) is 15.8. The third-order valence-corrected chi connectivity index (χ3v) is 15.0. The molecule has 4 nitrogen and oxygen atoms in total. The molecule has 0 aromatic heterocycles. The van der Waals surface area contributed by atoms with Crippen LogP contribution >= 0.6 is 0 Å². The summed E-state index contributed by atoms with van der Waals surface area (Å²) in [7, 11) is 7.50. The first-order chi connectivity index (χ1) is 19.9. The molecular weight excluding hydrogens is 508 g/mol. The van der Waals surface area contributed by atoms with Crippen molar-refractivity contribution in [2.75, 3.05) is 28.4 Å². The molecule has 6 bridgehead atoms. The normalized spacial score (nSPS) is 46.1. The molecule has 12 atom stereocenters. The van der Waals surface area contributed by atoms with Crippen LogP contribution in [0.5, 0.6) is 11.5 Å². The number of fused-ring (bicyclic) bond motifs is 24. The zero-order valence-corrected chi connectivity index (χ0v) is 24.9. The summed E-state index contributed by atoms with van der Waals surface area (Å²) in [5.41, 5.74) is 3.61. The average molecular weight is 549 g/mol. The first-order valence-electron chi connectivity index (χ1n) is 15.8. The molecule has 0 unspecified atom stereocenters. The molecule has 5 saturated carbocycles. The molecule has 0 spiro atoms. The van der Waals surface area contributed by atoms with Gasteiger partial charge in [-0.15, -0.1) is 0 Å². The smallest absolute Gasteiger partial charge is 0.180 e. The lowest BCUT2D eigenvalue weighted by atomic mass is 9.30. The van der Waals surface area contributed by atoms with Crippen molar-refractivity contribution in [1.82, 2.24) is 0 Å². The van der Waals surface area contributed by atoms with E-state index < -0.39 is 5.79 Å². The van der Waals surface area contributed by atoms with Gasteiger partial charge in [0.05, 0.1) is 14.2 Å². The van der Waals surface area contributed by atoms with Gasteiger partial charge in [0.25, 0.3) is 0 Å². The summed E-state index contributed by atoms with van der Waals surface area (Å²) < 4.78 is 25.3. The van der Waals surface area contributed by atoms with Crippen molar-refractivity contribution in [3.8, 4) is 11.5 Å². The summed E-state index contributed by atoms with van der Waals surface area (Å²) in [5.74, 6) is 7.80. The fourth-order valence-electron chi connectivity index (χ4n) is 14.0. The topological polar surface area (TPSA) is 36.9 Å². The van der Waals surface area contributed by atoms with Crippen molar-refractivity contribution >= 4 is 21.5 Å². The molecule has 0 radical (unpaired) electrons. The summed E-state index contributed by atoms with van der Waals surface area (Å²) in [6.07, 6.45) is 7.54. The summed E-state index contributed by atoms with van der Waals surface area (Å²) in [6, 6.07) is 13.3. The Morgan fingerprint density at radius 3 is 1.54 bits per heavy atom. The Morgan fingerprint density at radius 2 is 1.12 bits per heavy atom. The summed E-state index contributed by atoms with van der Waals surface area (Å²) in [5, 5.41) is 4.92. The predicted octanol–water partition coefficient (Wildman–Crippen LogP) is 7.54. The number of hydrogen-bond donors (Lipinski definition) is 0. The summed E-state index contributed by atoms with van der Waals surface area (Å²) in [4.78, 5) is 0. The Hall–Kier alpha value is -2.56. The highest BCUT2D eigenvalue weighted by Crippen LogP contribution is 2.93. The van der Waals surface area contributed by atoms with E-state index >= 15 is 0 Å². The first kappa shape index (κ1) is 23.9. The van der Waals surface area contributed by atoms with Crippen LogP contribution in [0.1, 0.15) is 49.7 Å². The molecule has 5 fully saturated rings. The molecule has 41 heavy (non-hydrogen) atoms. The average Bonchev–Trinajstić information content (AvgIpc) is 3.81. The molecule has 0 N–H and O–H groups in total. The largest absolute Gasteiger partial charge is 0.496 e. The summed E-state index contributed by atoms with van der Waals surface area (Å²) in [6.45, 7) is 5.40. The van der Waals surface area contributed by atoms with Gasteiger partial charge in [-0.1, -0.05) is 50.3 Å². The van der Waals surface area contributed by atoms with Crippen molar-refractivity contribution in [3.05, 3.63) is 59.7 Å². The molecule has 10 rings (SSSR count). The minimum atomic E-state index is -0.466. The van der Waals surface area contributed by atoms with Crippen molar-refractivity contribution in [2.24, 2.45) is 58.2 Å². The minimum Gasteiger partial charge on any atom is -0.496 e. The Kier molecular flexibility index (Phi) is 4.17. The molecule has 212 valence electrons. The van der Waals surface area contributed by atoms with Crippen LogP contribution in [-0.4, -0.2) is 34.2 Å². The number of hydrogen-bond acceptors (Lipinski definition) is 4. The standard InChI is InChI=1S/C37H40O4/c1-35-25-16-26(30-24-12-11-23(29(25)30)37(24,40-5)41-6)36(35,2)32-22-15-21(31(32)35)27-28(22)34(39-4)20-14-18-10-8-7-9-17(18)13-19(20)33(27)38-3/h7-14,21-26,29-32H,15-16H2,1-6H3/t21-,22+,23+,24-,25-,26+,29+,30-,31-,32+,35+,36-. The zero-order chi connectivity index (χ0) is 27.8. The van der Waals surface area contributed by atoms with Gasteiger partial charge in [-0.05, 0) is 93.9 Å². The Balaban J connectivity index is 1.17. The molecule has 4 heteroatoms. The van der Waals surface area contributed by atoms with Crippen LogP contribution in [0, 0.1) is 58.2 Å². The van der Waals surface area contributed by atoms with E-state index in [0.29, 0.717) is 58.2 Å². The third kappa shape index (κ3) is 2.13. The highest BCUT2D eigenvalue weighted by molar-refractivity contribution is 6.05. The Labute approximate surface area is 242 Å². The van der Waals surface area contributed by atoms with E-state index in [4.69, 9.17) is 18.9 Å². The summed E-state index contributed by atoms with van der Waals surface area (Å²) >= 11 is 0. The van der Waals surface area contributed by atoms with Crippen LogP contribution in [-0.2, 0) is 9.47 Å². The molecular formula is C37H40O4. The molecule has 0 heterocycles. The van der Waals surface area contributed by atoms with Crippen LogP contribution in [0.25, 0.3) is 21.5 Å². The monoisotopic (exact) mass is 548 g/mol. The van der Waals surface area contributed by atoms with Crippen LogP contribution < -0.4 is 9.47 Å². The van der Waals surface area contributed by atoms with E-state index in [1.54, 1.807) is 0 Å². The second-order valence-corrected chi connectivity index (χ2v) is 14.9. The molecule has 3 aromatic carbocycles. The fraction of sp³-hybridized carbons (Fsp3) is 0.568. The van der Waals surface area contributed by atoms with Crippen molar-refractivity contribution in [3.63, 3.8) is 0 Å². The van der Waals surface area contributed by atoms with Gasteiger partial charge < -0.3 is 18.9 Å². The maximum Gasteiger partial charge on any atom is 0.180 e. The van der Waals surface area contributed by atoms with Crippen LogP contribution in [0.15, 0.2) is 48.6 Å². The number of ether oxygens (including phenoxy) is 4. The van der Waals surface area contributed by atoms with Crippen molar-refractivity contribution < 1.29 is 18.9 Å². The quantitative estimate of drug-likeness (QED) is 0.111. The maximum absolute atomic E-state index is 6.38. The van der Waals surface area contributed by atoms with Crippen molar-refractivity contribution in [2.45, 2.75) is 44.3 Å². The molecule has 0 saturated heterocycles. The lowest BCUT2D eigenvalue weighted by Gasteiger charge is -2.73. The molecule has 0 amide bonds. The number of rotatable bonds is 4. The highest BCUT2D eigenvalue weighted by atomic mass is 16.7. The van der Waals surface area contributed by atoms with Gasteiger partial charge >= 0.3 is 0 Å². The SMILES string of the molecule is COc1c2c(c(OC)c3cc4ccccc4cc13)[C@@H]1C[C@H]2[C@@H]2[C@H]1[C@@]1(C)[C@H]3C[C@H]([C@H]4[C@@H]3[C@H]3C=C[C@@H]4C3(OC)OC)[C@@]21C. The van der Waals surface area contributed by atoms with Crippen LogP contribution in [0.3, 0.4) is 0 Å². The van der Waals surface area contributed by atoms with Gasteiger partial charge in [0.15, 0.2) is 5.79 Å². The van der Waals surface area contributed by atoms with E-state index in [0.717, 1.165) is 23.3 Å². The van der Waals surface area contributed by atoms with Gasteiger partial charge in [0.1, 0.15) is 11.5 Å². The van der Waals surface area contributed by atoms with E-state index in [2.05, 4.69) is 62.4 Å². The second-order valence-electron chi connectivity index (χ2n) is 14.9. The molecule has 7 aliphatic rings. The molecule has 0 aliphatic heterocycles. The van der Waals surface area contributed by atoms with Gasteiger partial charge in [-0.3, -0.25) is 0 Å². The zero-order valence-electron chi connectivity index (χ0n) is 24.9.